The number of nitrogens with one attached hydrogen (secondary N) is 4. The van der Waals surface area contributed by atoms with Crippen molar-refractivity contribution in [3.05, 3.63) is 145 Å². The lowest BCUT2D eigenvalue weighted by molar-refractivity contribution is 0.0577. The molecule has 9 aromatic heterocycles. The average molecular weight is 1680 g/mol. The van der Waals surface area contributed by atoms with Gasteiger partial charge in [0.25, 0.3) is 22.6 Å². The number of hydrogen-bond donors (Lipinski definition) is 8. The maximum Gasteiger partial charge on any atom is 0.415 e. The minimum absolute atomic E-state index is 0.0127. The Morgan fingerprint density at radius 3 is 1.40 bits per heavy atom. The van der Waals surface area contributed by atoms with Crippen molar-refractivity contribution in [3.8, 4) is 0 Å². The zero-order valence-electron chi connectivity index (χ0n) is 69.6. The second kappa shape index (κ2) is 39.7. The summed E-state index contributed by atoms with van der Waals surface area (Å²) in [6, 6.07) is 15.3. The summed E-state index contributed by atoms with van der Waals surface area (Å²) in [6.07, 6.45) is 22.9. The number of aromatic nitrogens is 12. The minimum Gasteiger partial charge on any atom is -0.443 e. The Bertz CT molecular complexity index is 5280. The molecule has 6 fully saturated rings. The molecule has 0 spiro atoms. The molecule has 3 aliphatic heterocycles. The predicted octanol–water partition coefficient (Wildman–Crippen LogP) is 11.2. The van der Waals surface area contributed by atoms with Crippen LogP contribution in [0, 0.1) is 11.8 Å². The molecule has 120 heavy (non-hydrogen) atoms. The quantitative estimate of drug-likeness (QED) is 0.0292. The van der Waals surface area contributed by atoms with Gasteiger partial charge in [-0.3, -0.25) is 38.6 Å². The molecule has 3 saturated heterocycles. The summed E-state index contributed by atoms with van der Waals surface area (Å²) in [5.41, 5.74) is 6.59. The first-order valence-electron chi connectivity index (χ1n) is 41.4. The number of ketones is 2. The molecule has 0 bridgehead atoms. The van der Waals surface area contributed by atoms with Crippen LogP contribution >= 0.6 is 11.6 Å². The molecule has 9 atom stereocenters. The van der Waals surface area contributed by atoms with Crippen LogP contribution in [0.4, 0.5) is 55.7 Å². The Kier molecular flexibility index (Phi) is 29.3. The van der Waals surface area contributed by atoms with Crippen molar-refractivity contribution in [2.45, 2.75) is 224 Å². The van der Waals surface area contributed by atoms with Gasteiger partial charge in [0.15, 0.2) is 28.5 Å². The van der Waals surface area contributed by atoms with Crippen molar-refractivity contribution in [1.29, 1.82) is 0 Å². The lowest BCUT2D eigenvalue weighted by Gasteiger charge is -2.26. The highest BCUT2D eigenvalue weighted by atomic mass is 35.5. The number of aliphatic hydroxyl groups excluding tert-OH is 3. The van der Waals surface area contributed by atoms with Gasteiger partial charge < -0.3 is 79.7 Å². The second-order valence-electron chi connectivity index (χ2n) is 33.6. The molecule has 3 saturated carbocycles. The Morgan fingerprint density at radius 2 is 0.950 bits per heavy atom. The third-order valence-electron chi connectivity index (χ3n) is 22.0. The standard InChI is InChI=1S/C30H40N6O6.C25H32N6O4.C19H26ClN5O4.C10H14N2O2/c1-30(2,3)42-29(40)34(4)26-16-25(32-23-11-6-12-35(28(23)39)20-9-7-13-41-18-20)33-27-22(17-31-36(26)27)24(38)15-19-8-5-10-21(37)14-19;1-26-23-13-22(28-20-8-3-9-30(25(20)34)17-6-4-10-35-15-17)29-24-19(14-27-31(23)24)21(33)12-16-5-2-7-18(32)11-16;1-19(2,3)29-18(28)24(4)15-9-14(20)23-16-13(10-21-25(15)16)17(27)22-11-6-5-7-12(26)8-11;11-9-4-1-5-12(10(9)13)8-3-2-6-14-7-8/h6,11-12,16-17,19-21,37H,5,7-10,13-15,18H2,1-4H3,(H,32,33);3,8-9,13-14,16-18,26,32H,2,4-7,10-12,15H2,1H3,(H,28,29);9-12,26H,5-8H2,1-4H3,(H,22,27);1,4-5,8H,2-3,6-7,11H2/t19?,20-,21-;16?,17-,18-;11?,12-;8-/m1111/s1. The summed E-state index contributed by atoms with van der Waals surface area (Å²) in [5.74, 6) is 1.70. The van der Waals surface area contributed by atoms with Crippen LogP contribution in [-0.2, 0) is 23.7 Å². The Morgan fingerprint density at radius 1 is 0.533 bits per heavy atom. The van der Waals surface area contributed by atoms with Gasteiger partial charge in [0, 0.05) is 96.6 Å². The number of fused-ring (bicyclic) bond motifs is 3. The van der Waals surface area contributed by atoms with Gasteiger partial charge in [0.2, 0.25) is 0 Å². The van der Waals surface area contributed by atoms with E-state index in [-0.39, 0.29) is 111 Å². The van der Waals surface area contributed by atoms with Crippen LogP contribution in [0.5, 0.6) is 0 Å². The molecule has 36 heteroatoms. The van der Waals surface area contributed by atoms with E-state index >= 15 is 0 Å². The van der Waals surface area contributed by atoms with Gasteiger partial charge in [-0.25, -0.2) is 24.5 Å². The molecule has 12 heterocycles. The highest BCUT2D eigenvalue weighted by molar-refractivity contribution is 6.30. The number of pyridine rings is 3. The first-order chi connectivity index (χ1) is 57.4. The fourth-order valence-corrected chi connectivity index (χ4v) is 16.1. The number of ether oxygens (including phenoxy) is 5. The number of nitrogens with two attached hydrogens (primary N) is 1. The van der Waals surface area contributed by atoms with E-state index in [1.807, 2.05) is 6.07 Å². The van der Waals surface area contributed by atoms with E-state index in [1.54, 1.807) is 141 Å². The molecule has 3 aliphatic carbocycles. The number of halogens is 1. The van der Waals surface area contributed by atoms with Gasteiger partial charge >= 0.3 is 12.2 Å². The molecular weight excluding hydrogens is 1570 g/mol. The van der Waals surface area contributed by atoms with E-state index in [1.165, 1.54) is 44.3 Å². The van der Waals surface area contributed by atoms with Crippen molar-refractivity contribution in [2.75, 3.05) is 92.3 Å². The second-order valence-corrected chi connectivity index (χ2v) is 34.0. The van der Waals surface area contributed by atoms with E-state index < -0.39 is 35.6 Å². The molecule has 3 amide bonds. The molecule has 9 N–H and O–H groups in total. The number of nitrogens with zero attached hydrogens (tertiary/aromatic N) is 14. The van der Waals surface area contributed by atoms with Crippen LogP contribution in [0.15, 0.2) is 106 Å². The van der Waals surface area contributed by atoms with Gasteiger partial charge in [-0.1, -0.05) is 24.4 Å². The molecule has 0 radical (unpaired) electrons. The topological polar surface area (TPSA) is 429 Å². The van der Waals surface area contributed by atoms with Gasteiger partial charge in [-0.2, -0.15) is 28.8 Å². The smallest absolute Gasteiger partial charge is 0.415 e. The summed E-state index contributed by atoms with van der Waals surface area (Å²) in [6.45, 7) is 14.5. The van der Waals surface area contributed by atoms with Crippen LogP contribution in [0.1, 0.15) is 219 Å². The summed E-state index contributed by atoms with van der Waals surface area (Å²) >= 11 is 6.15. The lowest BCUT2D eigenvalue weighted by atomic mass is 9.83. The minimum atomic E-state index is -0.730. The van der Waals surface area contributed by atoms with Crippen molar-refractivity contribution in [2.24, 2.45) is 11.8 Å². The van der Waals surface area contributed by atoms with E-state index in [2.05, 4.69) is 51.5 Å². The van der Waals surface area contributed by atoms with Crippen LogP contribution in [-0.4, -0.2) is 199 Å². The molecule has 6 aliphatic rings. The fourth-order valence-electron chi connectivity index (χ4n) is 15.9. The van der Waals surface area contributed by atoms with E-state index in [9.17, 15) is 53.7 Å². The lowest BCUT2D eigenvalue weighted by Crippen LogP contribution is -2.39. The van der Waals surface area contributed by atoms with Gasteiger partial charge in [0.1, 0.15) is 62.4 Å². The molecular formula is C84H112ClN19O16. The van der Waals surface area contributed by atoms with Crippen molar-refractivity contribution in [3.63, 3.8) is 0 Å². The number of amides is 3. The normalized spacial score (nSPS) is 21.4. The number of aliphatic hydroxyl groups is 3. The van der Waals surface area contributed by atoms with Crippen molar-refractivity contribution >= 4 is 104 Å². The number of rotatable bonds is 18. The van der Waals surface area contributed by atoms with E-state index in [0.29, 0.717) is 109 Å². The van der Waals surface area contributed by atoms with Gasteiger partial charge in [-0.15, -0.1) is 0 Å². The number of nitrogen functional groups attached to an aromatic ring is 1. The molecule has 35 nitrogen and oxygen atoms in total. The van der Waals surface area contributed by atoms with Crippen LogP contribution in [0.25, 0.3) is 16.9 Å². The van der Waals surface area contributed by atoms with Gasteiger partial charge in [-0.05, 0) is 193 Å². The number of carbonyl (C=O) groups excluding carboxylic acids is 5. The maximum absolute atomic E-state index is 13.5. The van der Waals surface area contributed by atoms with E-state index in [4.69, 9.17) is 41.0 Å². The maximum atomic E-state index is 13.5. The van der Waals surface area contributed by atoms with Crippen molar-refractivity contribution in [1.82, 2.24) is 62.8 Å². The highest BCUT2D eigenvalue weighted by Crippen LogP contribution is 2.34. The Hall–Kier alpha value is -10.7. The number of Topliss-reactive ketones (excluding diaryl/α,β-unsaturated/α-hetero) is 2. The molecule has 646 valence electrons. The SMILES string of the molecule is CN(C(=O)OC(C)(C)C)c1cc(Cl)nc2c(C(=O)NC3CCC[C@@H](O)C3)cnn12.CN(C(=O)OC(C)(C)C)c1cc(Nc2cccn([C@@H]3CCCOC3)c2=O)nc2c(C(=O)CC3CCC[C@@H](O)C3)cnn12.CNc1cc(Nc2cccn([C@@H]3CCCOC3)c2=O)nc2c(C(=O)CC3CCC[C@@H](O)C3)cnn12.Nc1cccn([C@@H]2CCCOC2)c1=O. The summed E-state index contributed by atoms with van der Waals surface area (Å²) in [5, 5.41) is 55.3. The van der Waals surface area contributed by atoms with E-state index in [0.717, 1.165) is 110 Å². The zero-order valence-corrected chi connectivity index (χ0v) is 70.4. The number of anilines is 8. The summed E-state index contributed by atoms with van der Waals surface area (Å²) in [7, 11) is 4.85. The van der Waals surface area contributed by atoms with Crippen LogP contribution in [0.3, 0.4) is 0 Å². The molecule has 15 rings (SSSR count). The Balaban J connectivity index is 0.000000154. The van der Waals surface area contributed by atoms with Gasteiger partial charge in [0.05, 0.1) is 91.7 Å². The first kappa shape index (κ1) is 88.6. The zero-order chi connectivity index (χ0) is 85.7. The average Bonchev–Trinajstić information content (AvgIpc) is 1.64. The monoisotopic (exact) mass is 1680 g/mol. The predicted molar refractivity (Wildman–Crippen MR) is 453 cm³/mol. The first-order valence-corrected chi connectivity index (χ1v) is 41.8. The molecule has 9 aromatic rings. The molecule has 3 unspecified atom stereocenters. The summed E-state index contributed by atoms with van der Waals surface area (Å²) in [4.78, 5) is 119. The third kappa shape index (κ3) is 22.5. The summed E-state index contributed by atoms with van der Waals surface area (Å²) < 4.78 is 36.9. The Labute approximate surface area is 699 Å². The number of hydrogen-bond acceptors (Lipinski definition) is 26. The number of carbonyl (C=O) groups is 5. The third-order valence-corrected chi connectivity index (χ3v) is 22.2. The highest BCUT2D eigenvalue weighted by Gasteiger charge is 2.33. The van der Waals surface area contributed by atoms with Crippen LogP contribution in [0.2, 0.25) is 5.15 Å². The fraction of sp³-hybridized carbons (Fsp3) is 0.548. The van der Waals surface area contributed by atoms with Crippen molar-refractivity contribution < 1.29 is 63.0 Å². The molecule has 0 aromatic carbocycles. The van der Waals surface area contributed by atoms with Crippen LogP contribution < -0.4 is 53.5 Å². The largest absolute Gasteiger partial charge is 0.443 e.